The molecule has 5 rings (SSSR count). The van der Waals surface area contributed by atoms with Crippen LogP contribution in [-0.2, 0) is 4.79 Å². The second kappa shape index (κ2) is 6.11. The van der Waals surface area contributed by atoms with E-state index in [9.17, 15) is 9.59 Å². The van der Waals surface area contributed by atoms with Crippen molar-refractivity contribution < 1.29 is 9.59 Å². The molecule has 142 valence electrons. The van der Waals surface area contributed by atoms with E-state index in [-0.39, 0.29) is 5.91 Å². The first kappa shape index (κ1) is 16.8. The smallest absolute Gasteiger partial charge is 0.270 e. The highest BCUT2D eigenvalue weighted by Gasteiger charge is 2.45. The second-order valence-corrected chi connectivity index (χ2v) is 8.66. The van der Waals surface area contributed by atoms with E-state index in [2.05, 4.69) is 35.9 Å². The first-order chi connectivity index (χ1) is 13.0. The van der Waals surface area contributed by atoms with E-state index in [1.165, 1.54) is 11.1 Å². The topological polar surface area (TPSA) is 56.4 Å². The van der Waals surface area contributed by atoms with Crippen LogP contribution in [0.15, 0.2) is 18.2 Å². The van der Waals surface area contributed by atoms with Gasteiger partial charge in [-0.15, -0.1) is 0 Å². The lowest BCUT2D eigenvalue weighted by molar-refractivity contribution is -0.141. The summed E-state index contributed by atoms with van der Waals surface area (Å²) < 4.78 is 0. The number of hydrogen-bond donors (Lipinski definition) is 1. The summed E-state index contributed by atoms with van der Waals surface area (Å²) in [6, 6.07) is 7.08. The molecule has 0 bridgehead atoms. The molecule has 0 spiro atoms. The van der Waals surface area contributed by atoms with E-state index in [0.29, 0.717) is 36.0 Å². The van der Waals surface area contributed by atoms with Crippen molar-refractivity contribution in [3.05, 3.63) is 35.0 Å². The summed E-state index contributed by atoms with van der Waals surface area (Å²) in [6.45, 7) is 5.68. The fourth-order valence-corrected chi connectivity index (χ4v) is 5.19. The average molecular weight is 365 g/mol. The summed E-state index contributed by atoms with van der Waals surface area (Å²) >= 11 is 0. The Morgan fingerprint density at radius 2 is 1.93 bits per heavy atom. The van der Waals surface area contributed by atoms with Crippen molar-refractivity contribution in [1.82, 2.24) is 14.8 Å². The highest BCUT2D eigenvalue weighted by molar-refractivity contribution is 5.99. The van der Waals surface area contributed by atoms with E-state index >= 15 is 0 Å². The minimum atomic E-state index is 0.0941. The van der Waals surface area contributed by atoms with Crippen LogP contribution in [0.1, 0.15) is 53.7 Å². The normalized spacial score (nSPS) is 25.8. The predicted octanol–water partition coefficient (Wildman–Crippen LogP) is 3.40. The van der Waals surface area contributed by atoms with E-state index in [1.807, 2.05) is 11.0 Å². The maximum absolute atomic E-state index is 13.1. The number of nitrogens with one attached hydrogen (secondary N) is 1. The highest BCUT2D eigenvalue weighted by atomic mass is 16.2. The number of aryl methyl sites for hydroxylation is 2. The van der Waals surface area contributed by atoms with Crippen LogP contribution >= 0.6 is 0 Å². The number of amides is 2. The molecular weight excluding hydrogens is 338 g/mol. The van der Waals surface area contributed by atoms with Gasteiger partial charge in [0.2, 0.25) is 5.91 Å². The zero-order chi connectivity index (χ0) is 18.7. The van der Waals surface area contributed by atoms with Gasteiger partial charge in [0.05, 0.1) is 0 Å². The van der Waals surface area contributed by atoms with Gasteiger partial charge >= 0.3 is 0 Å². The molecule has 1 aliphatic carbocycles. The highest BCUT2D eigenvalue weighted by Crippen LogP contribution is 2.39. The maximum atomic E-state index is 13.1. The van der Waals surface area contributed by atoms with Crippen molar-refractivity contribution in [2.75, 3.05) is 13.1 Å². The van der Waals surface area contributed by atoms with Gasteiger partial charge in [0.1, 0.15) is 5.69 Å². The summed E-state index contributed by atoms with van der Waals surface area (Å²) in [5.74, 6) is 0.853. The zero-order valence-electron chi connectivity index (χ0n) is 16.1. The van der Waals surface area contributed by atoms with Gasteiger partial charge in [0, 0.05) is 42.5 Å². The van der Waals surface area contributed by atoms with Gasteiger partial charge in [-0.1, -0.05) is 6.07 Å². The van der Waals surface area contributed by atoms with Crippen LogP contribution in [0.3, 0.4) is 0 Å². The Labute approximate surface area is 159 Å². The Morgan fingerprint density at radius 1 is 1.11 bits per heavy atom. The molecule has 27 heavy (non-hydrogen) atoms. The number of rotatable bonds is 2. The van der Waals surface area contributed by atoms with Crippen molar-refractivity contribution in [3.8, 4) is 0 Å². The van der Waals surface area contributed by atoms with Crippen LogP contribution < -0.4 is 0 Å². The summed E-state index contributed by atoms with van der Waals surface area (Å²) in [5, 5.41) is 1.13. The fourth-order valence-electron chi connectivity index (χ4n) is 5.19. The second-order valence-electron chi connectivity index (χ2n) is 8.66. The van der Waals surface area contributed by atoms with E-state index < -0.39 is 0 Å². The maximum Gasteiger partial charge on any atom is 0.270 e. The molecule has 1 aromatic heterocycles. The van der Waals surface area contributed by atoms with Crippen molar-refractivity contribution in [3.63, 3.8) is 0 Å². The number of piperidine rings is 2. The Balaban J connectivity index is 1.36. The Hall–Kier alpha value is -2.30. The molecule has 2 amide bonds. The third-order valence-corrected chi connectivity index (χ3v) is 6.62. The molecule has 0 unspecified atom stereocenters. The van der Waals surface area contributed by atoms with Crippen LogP contribution in [0.25, 0.3) is 10.9 Å². The minimum absolute atomic E-state index is 0.0941. The van der Waals surface area contributed by atoms with Crippen LogP contribution in [0.2, 0.25) is 0 Å². The number of aromatic amines is 1. The predicted molar refractivity (Wildman–Crippen MR) is 105 cm³/mol. The Kier molecular flexibility index (Phi) is 3.81. The van der Waals surface area contributed by atoms with Gasteiger partial charge in [-0.05, 0) is 68.7 Å². The van der Waals surface area contributed by atoms with Crippen LogP contribution in [-0.4, -0.2) is 51.8 Å². The molecule has 2 atom stereocenters. The molecule has 5 nitrogen and oxygen atoms in total. The molecule has 3 fully saturated rings. The summed E-state index contributed by atoms with van der Waals surface area (Å²) in [6.07, 6.45) is 4.79. The van der Waals surface area contributed by atoms with Gasteiger partial charge in [-0.3, -0.25) is 9.59 Å². The SMILES string of the molecule is Cc1cc(C)c2cc(C(=O)N3CC[C@H]4[C@H](CCC(=O)N4C4CC4)C3)[nH]c2c1. The molecule has 3 aliphatic rings. The Bertz CT molecular complexity index is 927. The zero-order valence-corrected chi connectivity index (χ0v) is 16.1. The molecule has 5 heteroatoms. The lowest BCUT2D eigenvalue weighted by atomic mass is 9.83. The number of carbonyl (C=O) groups excluding carboxylic acids is 2. The number of H-pyrrole nitrogens is 1. The molecule has 1 aromatic carbocycles. The number of likely N-dealkylation sites (tertiary alicyclic amines) is 2. The molecule has 0 radical (unpaired) electrons. The first-order valence-corrected chi connectivity index (χ1v) is 10.2. The van der Waals surface area contributed by atoms with Crippen LogP contribution in [0.4, 0.5) is 0 Å². The van der Waals surface area contributed by atoms with Crippen molar-refractivity contribution in [2.24, 2.45) is 5.92 Å². The average Bonchev–Trinajstić information content (AvgIpc) is 3.38. The van der Waals surface area contributed by atoms with Crippen molar-refractivity contribution in [1.29, 1.82) is 0 Å². The molecule has 1 saturated carbocycles. The van der Waals surface area contributed by atoms with E-state index in [1.54, 1.807) is 0 Å². The van der Waals surface area contributed by atoms with Gasteiger partial charge in [0.15, 0.2) is 0 Å². The van der Waals surface area contributed by atoms with Gasteiger partial charge < -0.3 is 14.8 Å². The first-order valence-electron chi connectivity index (χ1n) is 10.2. The number of nitrogens with zero attached hydrogens (tertiary/aromatic N) is 2. The Morgan fingerprint density at radius 3 is 2.70 bits per heavy atom. The number of carbonyl (C=O) groups is 2. The van der Waals surface area contributed by atoms with Gasteiger partial charge in [-0.2, -0.15) is 0 Å². The number of aromatic nitrogens is 1. The summed E-state index contributed by atoms with van der Waals surface area (Å²) in [5.41, 5.74) is 4.12. The molecule has 2 saturated heterocycles. The lowest BCUT2D eigenvalue weighted by Crippen LogP contribution is -2.57. The van der Waals surface area contributed by atoms with Crippen molar-refractivity contribution >= 4 is 22.7 Å². The third kappa shape index (κ3) is 2.84. The molecule has 2 aromatic rings. The standard InChI is InChI=1S/C22H27N3O2/c1-13-9-14(2)17-11-19(23-18(17)10-13)22(27)24-8-7-20-15(12-24)3-6-21(26)25(20)16-4-5-16/h9-11,15-16,20,23H,3-8,12H2,1-2H3/t15-,20+/m1/s1. The number of benzene rings is 1. The summed E-state index contributed by atoms with van der Waals surface area (Å²) in [7, 11) is 0. The largest absolute Gasteiger partial charge is 0.351 e. The monoisotopic (exact) mass is 365 g/mol. The third-order valence-electron chi connectivity index (χ3n) is 6.62. The quantitative estimate of drug-likeness (QED) is 0.887. The summed E-state index contributed by atoms with van der Waals surface area (Å²) in [4.78, 5) is 33.0. The van der Waals surface area contributed by atoms with Gasteiger partial charge in [-0.25, -0.2) is 0 Å². The molecule has 3 heterocycles. The van der Waals surface area contributed by atoms with E-state index in [4.69, 9.17) is 0 Å². The fraction of sp³-hybridized carbons (Fsp3) is 0.545. The van der Waals surface area contributed by atoms with Crippen LogP contribution in [0.5, 0.6) is 0 Å². The van der Waals surface area contributed by atoms with Crippen molar-refractivity contribution in [2.45, 2.75) is 58.0 Å². The minimum Gasteiger partial charge on any atom is -0.351 e. The molecule has 2 aliphatic heterocycles. The molecule has 1 N–H and O–H groups in total. The number of hydrogen-bond acceptors (Lipinski definition) is 2. The lowest BCUT2D eigenvalue weighted by Gasteiger charge is -2.47. The van der Waals surface area contributed by atoms with Crippen LogP contribution in [0, 0.1) is 19.8 Å². The van der Waals surface area contributed by atoms with E-state index in [0.717, 1.165) is 49.7 Å². The molecular formula is C22H27N3O2. The number of fused-ring (bicyclic) bond motifs is 2. The van der Waals surface area contributed by atoms with Gasteiger partial charge in [0.25, 0.3) is 5.91 Å².